The fourth-order valence-electron chi connectivity index (χ4n) is 4.64. The molecule has 3 aromatic carbocycles. The molecule has 0 nitrogen and oxygen atoms in total. The van der Waals surface area contributed by atoms with Gasteiger partial charge < -0.3 is 0 Å². The lowest BCUT2D eigenvalue weighted by Gasteiger charge is -2.26. The maximum atomic E-state index is 15.1. The van der Waals surface area contributed by atoms with Gasteiger partial charge in [-0.15, -0.1) is 6.58 Å². The van der Waals surface area contributed by atoms with Crippen LogP contribution in [0.1, 0.15) is 61.3 Å². The van der Waals surface area contributed by atoms with Gasteiger partial charge in [0.25, 0.3) is 0 Å². The number of halogens is 1. The van der Waals surface area contributed by atoms with Crippen LogP contribution in [0.5, 0.6) is 0 Å². The fraction of sp³-hybridized carbons (Fsp3) is 0.333. The monoisotopic (exact) mass is 410 g/mol. The molecular weight excluding hydrogens is 379 g/mol. The Bertz CT molecular complexity index is 1100. The Balaban J connectivity index is 1.45. The van der Waals surface area contributed by atoms with E-state index in [1.807, 2.05) is 30.3 Å². The molecule has 0 radical (unpaired) electrons. The summed E-state index contributed by atoms with van der Waals surface area (Å²) in [5.74, 6) is 7.43. The normalized spacial score (nSPS) is 18.4. The van der Waals surface area contributed by atoms with E-state index in [1.54, 1.807) is 0 Å². The predicted molar refractivity (Wildman–Crippen MR) is 130 cm³/mol. The van der Waals surface area contributed by atoms with Crippen molar-refractivity contribution in [3.05, 3.63) is 95.3 Å². The topological polar surface area (TPSA) is 0 Å². The Morgan fingerprint density at radius 1 is 0.935 bits per heavy atom. The fourth-order valence-corrected chi connectivity index (χ4v) is 4.64. The zero-order valence-electron chi connectivity index (χ0n) is 18.5. The van der Waals surface area contributed by atoms with Crippen molar-refractivity contribution in [2.24, 2.45) is 11.8 Å². The van der Waals surface area contributed by atoms with Crippen LogP contribution >= 0.6 is 0 Å². The molecule has 0 amide bonds. The van der Waals surface area contributed by atoms with Gasteiger partial charge in [0, 0.05) is 10.9 Å². The largest absolute Gasteiger partial charge is 0.205 e. The summed E-state index contributed by atoms with van der Waals surface area (Å²) in [5.41, 5.74) is 3.95. The van der Waals surface area contributed by atoms with Gasteiger partial charge in [0.1, 0.15) is 5.82 Å². The van der Waals surface area contributed by atoms with Crippen molar-refractivity contribution >= 4 is 10.8 Å². The van der Waals surface area contributed by atoms with Gasteiger partial charge in [-0.2, -0.15) is 0 Å². The first-order valence-corrected chi connectivity index (χ1v) is 11.6. The number of aryl methyl sites for hydroxylation is 2. The van der Waals surface area contributed by atoms with Crippen molar-refractivity contribution in [2.45, 2.75) is 51.9 Å². The molecule has 1 saturated carbocycles. The highest BCUT2D eigenvalue weighted by molar-refractivity contribution is 5.85. The number of hydrogen-bond donors (Lipinski definition) is 0. The Morgan fingerprint density at radius 2 is 1.68 bits per heavy atom. The molecule has 0 aromatic heterocycles. The molecule has 4 rings (SSSR count). The molecule has 1 aliphatic carbocycles. The predicted octanol–water partition coefficient (Wildman–Crippen LogP) is 7.87. The molecule has 1 heteroatoms. The quantitative estimate of drug-likeness (QED) is 0.296. The summed E-state index contributed by atoms with van der Waals surface area (Å²) in [6.45, 7) is 6.07. The summed E-state index contributed by atoms with van der Waals surface area (Å²) in [6, 6.07) is 18.1. The minimum Gasteiger partial charge on any atom is -0.205 e. The molecule has 1 aliphatic rings. The van der Waals surface area contributed by atoms with E-state index in [4.69, 9.17) is 0 Å². The van der Waals surface area contributed by atoms with Crippen molar-refractivity contribution in [3.8, 4) is 11.8 Å². The molecule has 0 bridgehead atoms. The molecule has 0 N–H and O–H groups in total. The summed E-state index contributed by atoms with van der Waals surface area (Å²) < 4.78 is 15.1. The maximum Gasteiger partial charge on any atom is 0.146 e. The average Bonchev–Trinajstić information content (AvgIpc) is 2.83. The lowest BCUT2D eigenvalue weighted by atomic mass is 9.79. The molecule has 1 fully saturated rings. The molecule has 158 valence electrons. The van der Waals surface area contributed by atoms with E-state index in [2.05, 4.69) is 55.7 Å². The number of hydrogen-bond acceptors (Lipinski definition) is 0. The second-order valence-corrected chi connectivity index (χ2v) is 8.84. The summed E-state index contributed by atoms with van der Waals surface area (Å²) >= 11 is 0. The van der Waals surface area contributed by atoms with Crippen LogP contribution in [-0.4, -0.2) is 0 Å². The summed E-state index contributed by atoms with van der Waals surface area (Å²) in [6.07, 6.45) is 10.6. The molecule has 0 unspecified atom stereocenters. The Hall–Kier alpha value is -2.85. The van der Waals surface area contributed by atoms with Crippen molar-refractivity contribution in [1.29, 1.82) is 0 Å². The molecule has 0 saturated heterocycles. The second-order valence-electron chi connectivity index (χ2n) is 8.84. The maximum absolute atomic E-state index is 15.1. The Labute approximate surface area is 186 Å². The van der Waals surface area contributed by atoms with Gasteiger partial charge in [0.2, 0.25) is 0 Å². The Kier molecular flexibility index (Phi) is 6.88. The SMILES string of the molecule is C=CC1CCC(CCc2ccc3c(F)c(C#Cc4ccc(CC)cc4)ccc3c2)CC1. The summed E-state index contributed by atoms with van der Waals surface area (Å²) in [7, 11) is 0. The second kappa shape index (κ2) is 9.97. The number of rotatable bonds is 5. The first kappa shape index (κ1) is 21.4. The number of allylic oxidation sites excluding steroid dienone is 1. The molecule has 0 spiro atoms. The Morgan fingerprint density at radius 3 is 2.39 bits per heavy atom. The van der Waals surface area contributed by atoms with Crippen molar-refractivity contribution in [2.75, 3.05) is 0 Å². The van der Waals surface area contributed by atoms with Gasteiger partial charge in [0.15, 0.2) is 0 Å². The van der Waals surface area contributed by atoms with E-state index < -0.39 is 0 Å². The zero-order chi connectivity index (χ0) is 21.6. The van der Waals surface area contributed by atoms with Gasteiger partial charge in [-0.05, 0) is 91.5 Å². The van der Waals surface area contributed by atoms with E-state index in [0.29, 0.717) is 16.9 Å². The van der Waals surface area contributed by atoms with Crippen LogP contribution in [0, 0.1) is 29.5 Å². The molecular formula is C30H31F. The first-order chi connectivity index (χ1) is 15.2. The minimum absolute atomic E-state index is 0.218. The number of benzene rings is 3. The van der Waals surface area contributed by atoms with Crippen molar-refractivity contribution < 1.29 is 4.39 Å². The van der Waals surface area contributed by atoms with Crippen LogP contribution < -0.4 is 0 Å². The van der Waals surface area contributed by atoms with E-state index in [-0.39, 0.29) is 5.82 Å². The van der Waals surface area contributed by atoms with Crippen molar-refractivity contribution in [3.63, 3.8) is 0 Å². The van der Waals surface area contributed by atoms with E-state index >= 15 is 4.39 Å². The first-order valence-electron chi connectivity index (χ1n) is 11.6. The van der Waals surface area contributed by atoms with Gasteiger partial charge >= 0.3 is 0 Å². The zero-order valence-corrected chi connectivity index (χ0v) is 18.5. The lowest BCUT2D eigenvalue weighted by Crippen LogP contribution is -2.13. The van der Waals surface area contributed by atoms with Gasteiger partial charge in [-0.25, -0.2) is 4.39 Å². The smallest absolute Gasteiger partial charge is 0.146 e. The highest BCUT2D eigenvalue weighted by Crippen LogP contribution is 2.32. The molecule has 0 aliphatic heterocycles. The van der Waals surface area contributed by atoms with Crippen LogP contribution in [0.3, 0.4) is 0 Å². The van der Waals surface area contributed by atoms with Gasteiger partial charge in [-0.1, -0.05) is 61.2 Å². The average molecular weight is 411 g/mol. The lowest BCUT2D eigenvalue weighted by molar-refractivity contribution is 0.296. The van der Waals surface area contributed by atoms with Crippen molar-refractivity contribution in [1.82, 2.24) is 0 Å². The highest BCUT2D eigenvalue weighted by Gasteiger charge is 2.19. The minimum atomic E-state index is -0.218. The van der Waals surface area contributed by atoms with E-state index in [1.165, 1.54) is 43.2 Å². The summed E-state index contributed by atoms with van der Waals surface area (Å²) in [5, 5.41) is 1.62. The van der Waals surface area contributed by atoms with Crippen LogP contribution in [-0.2, 0) is 12.8 Å². The molecule has 31 heavy (non-hydrogen) atoms. The van der Waals surface area contributed by atoms with Crippen LogP contribution in [0.15, 0.2) is 67.3 Å². The third kappa shape index (κ3) is 5.26. The van der Waals surface area contributed by atoms with Crippen LogP contribution in [0.2, 0.25) is 0 Å². The third-order valence-corrected chi connectivity index (χ3v) is 6.79. The third-order valence-electron chi connectivity index (χ3n) is 6.79. The summed E-state index contributed by atoms with van der Waals surface area (Å²) in [4.78, 5) is 0. The van der Waals surface area contributed by atoms with Crippen LogP contribution in [0.25, 0.3) is 10.8 Å². The molecule has 0 heterocycles. The number of fused-ring (bicyclic) bond motifs is 1. The van der Waals surface area contributed by atoms with Gasteiger partial charge in [0.05, 0.1) is 5.56 Å². The standard InChI is InChI=1S/C30H31F/c1-3-22-5-9-24(10-6-22)13-14-26-16-20-29-28(21-26)19-18-27(30(29)31)17-15-25-11-7-23(4-2)8-12-25/h3,7-8,11-12,16,18-22,24H,1,4-6,9-10,13-14H2,2H3. The van der Waals surface area contributed by atoms with Gasteiger partial charge in [-0.3, -0.25) is 0 Å². The molecule has 0 atom stereocenters. The highest BCUT2D eigenvalue weighted by atomic mass is 19.1. The van der Waals surface area contributed by atoms with E-state index in [0.717, 1.165) is 29.7 Å². The van der Waals surface area contributed by atoms with Crippen LogP contribution in [0.4, 0.5) is 4.39 Å². The molecule has 3 aromatic rings. The van der Waals surface area contributed by atoms with E-state index in [9.17, 15) is 0 Å².